The summed E-state index contributed by atoms with van der Waals surface area (Å²) in [6, 6.07) is -0.553. The number of amides is 1. The van der Waals surface area contributed by atoms with E-state index in [9.17, 15) is 19.8 Å². The normalized spacial score (nSPS) is 12.5. The molecule has 406 valence electrons. The van der Waals surface area contributed by atoms with E-state index in [0.29, 0.717) is 25.9 Å². The number of carbonyl (C=O) groups excluding carboxylic acids is 2. The Morgan fingerprint density at radius 1 is 0.353 bits per heavy atom. The molecule has 0 aromatic carbocycles. The van der Waals surface area contributed by atoms with Crippen LogP contribution in [-0.4, -0.2) is 47.4 Å². The lowest BCUT2D eigenvalue weighted by atomic mass is 10.0. The van der Waals surface area contributed by atoms with Gasteiger partial charge in [0, 0.05) is 12.8 Å². The van der Waals surface area contributed by atoms with Crippen molar-refractivity contribution in [1.82, 2.24) is 5.32 Å². The second-order valence-electron chi connectivity index (χ2n) is 21.8. The molecule has 0 saturated heterocycles. The smallest absolute Gasteiger partial charge is 0.305 e. The van der Waals surface area contributed by atoms with E-state index in [1.807, 2.05) is 0 Å². The minimum Gasteiger partial charge on any atom is -0.466 e. The van der Waals surface area contributed by atoms with Gasteiger partial charge in [0.05, 0.1) is 25.4 Å². The van der Waals surface area contributed by atoms with E-state index in [2.05, 4.69) is 19.2 Å². The van der Waals surface area contributed by atoms with Crippen LogP contribution in [0.2, 0.25) is 0 Å². The number of aliphatic hydroxyl groups is 2. The first-order valence-corrected chi connectivity index (χ1v) is 31.3. The fourth-order valence-electron chi connectivity index (χ4n) is 10.1. The molecule has 0 bridgehead atoms. The van der Waals surface area contributed by atoms with E-state index in [-0.39, 0.29) is 18.5 Å². The fraction of sp³-hybridized carbons (Fsp3) is 0.968. The van der Waals surface area contributed by atoms with Crippen molar-refractivity contribution in [2.24, 2.45) is 0 Å². The summed E-state index contributed by atoms with van der Waals surface area (Å²) in [4.78, 5) is 24.6. The standard InChI is InChI=1S/C62H123NO5/c1-3-5-7-9-11-13-15-17-19-21-22-23-24-25-27-28-30-34-38-42-46-50-54-60(65)59(58-64)63-61(66)55-51-47-43-39-35-32-33-37-41-45-49-53-57-68-62(67)56-52-48-44-40-36-31-29-26-20-18-16-14-12-10-8-6-4-2/h59-60,64-65H,3-58H2,1-2H3,(H,63,66). The van der Waals surface area contributed by atoms with Crippen molar-refractivity contribution in [3.63, 3.8) is 0 Å². The predicted octanol–water partition coefficient (Wildman–Crippen LogP) is 19.5. The zero-order chi connectivity index (χ0) is 49.3. The van der Waals surface area contributed by atoms with Crippen molar-refractivity contribution >= 4 is 11.9 Å². The van der Waals surface area contributed by atoms with Gasteiger partial charge in [0.2, 0.25) is 5.91 Å². The number of esters is 1. The number of hydrogen-bond acceptors (Lipinski definition) is 5. The van der Waals surface area contributed by atoms with Crippen LogP contribution in [0.3, 0.4) is 0 Å². The molecule has 68 heavy (non-hydrogen) atoms. The van der Waals surface area contributed by atoms with Crippen LogP contribution in [0.5, 0.6) is 0 Å². The Balaban J connectivity index is 3.42. The van der Waals surface area contributed by atoms with E-state index in [1.165, 1.54) is 270 Å². The average molecular weight is 963 g/mol. The summed E-state index contributed by atoms with van der Waals surface area (Å²) in [5, 5.41) is 23.4. The molecule has 0 spiro atoms. The molecule has 0 aromatic rings. The van der Waals surface area contributed by atoms with Gasteiger partial charge in [-0.15, -0.1) is 0 Å². The zero-order valence-corrected chi connectivity index (χ0v) is 46.4. The Morgan fingerprint density at radius 3 is 0.897 bits per heavy atom. The van der Waals surface area contributed by atoms with Gasteiger partial charge in [0.25, 0.3) is 0 Å². The summed E-state index contributed by atoms with van der Waals surface area (Å²) < 4.78 is 5.49. The van der Waals surface area contributed by atoms with Crippen molar-refractivity contribution in [2.75, 3.05) is 13.2 Å². The van der Waals surface area contributed by atoms with Crippen LogP contribution >= 0.6 is 0 Å². The Morgan fingerprint density at radius 2 is 0.603 bits per heavy atom. The highest BCUT2D eigenvalue weighted by molar-refractivity contribution is 5.76. The Hall–Kier alpha value is -1.14. The number of hydrogen-bond donors (Lipinski definition) is 3. The lowest BCUT2D eigenvalue weighted by Crippen LogP contribution is -2.45. The molecule has 6 nitrogen and oxygen atoms in total. The van der Waals surface area contributed by atoms with Gasteiger partial charge < -0.3 is 20.3 Å². The van der Waals surface area contributed by atoms with Gasteiger partial charge >= 0.3 is 5.97 Å². The molecule has 0 saturated carbocycles. The Bertz CT molecular complexity index is 975. The quantitative estimate of drug-likeness (QED) is 0.0417. The number of aliphatic hydroxyl groups excluding tert-OH is 2. The molecule has 0 heterocycles. The largest absolute Gasteiger partial charge is 0.466 e. The molecule has 1 amide bonds. The third-order valence-corrected chi connectivity index (χ3v) is 14.9. The molecule has 0 fully saturated rings. The first-order valence-electron chi connectivity index (χ1n) is 31.3. The van der Waals surface area contributed by atoms with Gasteiger partial charge in [0.15, 0.2) is 0 Å². The van der Waals surface area contributed by atoms with Gasteiger partial charge in [-0.3, -0.25) is 9.59 Å². The molecule has 0 radical (unpaired) electrons. The van der Waals surface area contributed by atoms with Crippen LogP contribution in [0.15, 0.2) is 0 Å². The predicted molar refractivity (Wildman–Crippen MR) is 297 cm³/mol. The molecule has 3 N–H and O–H groups in total. The molecule has 6 heteroatoms. The van der Waals surface area contributed by atoms with Crippen molar-refractivity contribution in [1.29, 1.82) is 0 Å². The molecule has 0 aromatic heterocycles. The third kappa shape index (κ3) is 54.2. The molecule has 0 aliphatic rings. The number of ether oxygens (including phenoxy) is 1. The maximum Gasteiger partial charge on any atom is 0.305 e. The molecule has 0 rings (SSSR count). The van der Waals surface area contributed by atoms with E-state index in [4.69, 9.17) is 4.74 Å². The average Bonchev–Trinajstić information content (AvgIpc) is 3.34. The van der Waals surface area contributed by atoms with Crippen molar-refractivity contribution in [2.45, 2.75) is 373 Å². The monoisotopic (exact) mass is 962 g/mol. The highest BCUT2D eigenvalue weighted by Crippen LogP contribution is 2.19. The first-order chi connectivity index (χ1) is 33.5. The minimum absolute atomic E-state index is 0.00355. The van der Waals surface area contributed by atoms with Gasteiger partial charge in [-0.1, -0.05) is 322 Å². The van der Waals surface area contributed by atoms with Crippen molar-refractivity contribution < 1.29 is 24.5 Å². The topological polar surface area (TPSA) is 95.9 Å². The van der Waals surface area contributed by atoms with Crippen LogP contribution < -0.4 is 5.32 Å². The molecular formula is C62H123NO5. The Labute approximate surface area is 426 Å². The van der Waals surface area contributed by atoms with E-state index in [0.717, 1.165) is 57.8 Å². The minimum atomic E-state index is -0.674. The van der Waals surface area contributed by atoms with Crippen LogP contribution in [0.25, 0.3) is 0 Å². The maximum absolute atomic E-state index is 12.5. The molecule has 2 unspecified atom stereocenters. The summed E-state index contributed by atoms with van der Waals surface area (Å²) in [5.41, 5.74) is 0. The SMILES string of the molecule is CCCCCCCCCCCCCCCCCCCCCCCCC(O)C(CO)NC(=O)CCCCCCCCCCCCCCOC(=O)CCCCCCCCCCCCCCCCCCC. The molecular weight excluding hydrogens is 839 g/mol. The first kappa shape index (κ1) is 66.9. The fourth-order valence-corrected chi connectivity index (χ4v) is 10.1. The van der Waals surface area contributed by atoms with E-state index in [1.54, 1.807) is 0 Å². The summed E-state index contributed by atoms with van der Waals surface area (Å²) >= 11 is 0. The highest BCUT2D eigenvalue weighted by atomic mass is 16.5. The van der Waals surface area contributed by atoms with Gasteiger partial charge in [0.1, 0.15) is 0 Å². The molecule has 0 aliphatic heterocycles. The van der Waals surface area contributed by atoms with E-state index < -0.39 is 12.1 Å². The summed E-state index contributed by atoms with van der Waals surface area (Å²) in [5.74, 6) is -0.0488. The lowest BCUT2D eigenvalue weighted by molar-refractivity contribution is -0.143. The van der Waals surface area contributed by atoms with Crippen LogP contribution in [0.4, 0.5) is 0 Å². The summed E-state index contributed by atoms with van der Waals surface area (Å²) in [6.07, 6.45) is 68.2. The second-order valence-corrected chi connectivity index (χ2v) is 21.8. The number of carbonyl (C=O) groups is 2. The van der Waals surface area contributed by atoms with Crippen molar-refractivity contribution in [3.8, 4) is 0 Å². The van der Waals surface area contributed by atoms with Crippen molar-refractivity contribution in [3.05, 3.63) is 0 Å². The maximum atomic E-state index is 12.5. The third-order valence-electron chi connectivity index (χ3n) is 14.9. The summed E-state index contributed by atoms with van der Waals surface area (Å²) in [6.45, 7) is 4.96. The van der Waals surface area contributed by atoms with Crippen LogP contribution in [0.1, 0.15) is 361 Å². The van der Waals surface area contributed by atoms with E-state index >= 15 is 0 Å². The highest BCUT2D eigenvalue weighted by Gasteiger charge is 2.20. The Kier molecular flexibility index (Phi) is 57.5. The van der Waals surface area contributed by atoms with Gasteiger partial charge in [-0.05, 0) is 25.7 Å². The van der Waals surface area contributed by atoms with Crippen LogP contribution in [0, 0.1) is 0 Å². The number of unbranched alkanes of at least 4 members (excludes halogenated alkanes) is 48. The van der Waals surface area contributed by atoms with Crippen LogP contribution in [-0.2, 0) is 14.3 Å². The van der Waals surface area contributed by atoms with Gasteiger partial charge in [-0.25, -0.2) is 0 Å². The lowest BCUT2D eigenvalue weighted by Gasteiger charge is -2.22. The second kappa shape index (κ2) is 58.4. The number of rotatable bonds is 59. The molecule has 0 aliphatic carbocycles. The summed E-state index contributed by atoms with van der Waals surface area (Å²) in [7, 11) is 0. The van der Waals surface area contributed by atoms with Gasteiger partial charge in [-0.2, -0.15) is 0 Å². The number of nitrogens with one attached hydrogen (secondary N) is 1. The zero-order valence-electron chi connectivity index (χ0n) is 46.4. The molecule has 2 atom stereocenters.